The fourth-order valence-corrected chi connectivity index (χ4v) is 1.22. The molecule has 0 atom stereocenters. The van der Waals surface area contributed by atoms with Crippen LogP contribution in [0.2, 0.25) is 0 Å². The van der Waals surface area contributed by atoms with Gasteiger partial charge in [-0.3, -0.25) is 0 Å². The first-order chi connectivity index (χ1) is 6.97. The molecule has 0 saturated carbocycles. The average Bonchev–Trinajstić information content (AvgIpc) is 2.20. The second kappa shape index (κ2) is 4.33. The predicted molar refractivity (Wildman–Crippen MR) is 54.0 cm³/mol. The van der Waals surface area contributed by atoms with Gasteiger partial charge in [-0.2, -0.15) is 0 Å². The van der Waals surface area contributed by atoms with Gasteiger partial charge in [0.1, 0.15) is 11.3 Å². The minimum absolute atomic E-state index is 0.0828. The number of hydrogen-bond acceptors (Lipinski definition) is 5. The van der Waals surface area contributed by atoms with Gasteiger partial charge in [0, 0.05) is 0 Å². The molecule has 15 heavy (non-hydrogen) atoms. The number of hydrogen-bond donors (Lipinski definition) is 3. The molecule has 0 unspecified atom stereocenters. The lowest BCUT2D eigenvalue weighted by Gasteiger charge is -2.08. The molecule has 0 amide bonds. The lowest BCUT2D eigenvalue weighted by molar-refractivity contribution is 0.0597. The summed E-state index contributed by atoms with van der Waals surface area (Å²) < 4.78 is 4.44. The Morgan fingerprint density at radius 3 is 2.47 bits per heavy atom. The number of aromatic hydroxyl groups is 1. The third-order valence-electron chi connectivity index (χ3n) is 2.03. The van der Waals surface area contributed by atoms with E-state index in [0.717, 1.165) is 0 Å². The Labute approximate surface area is 87.1 Å². The van der Waals surface area contributed by atoms with Crippen LogP contribution in [0.3, 0.4) is 0 Å². The molecular weight excluding hydrogens is 199 g/mol. The minimum atomic E-state index is -1.69. The Bertz CT molecular complexity index is 388. The molecule has 1 aromatic carbocycles. The Morgan fingerprint density at radius 1 is 1.40 bits per heavy atom. The van der Waals surface area contributed by atoms with Crippen LogP contribution in [0, 0.1) is 6.92 Å². The Balaban J connectivity index is 3.31. The Hall–Kier alpha value is -1.53. The van der Waals surface area contributed by atoms with Crippen molar-refractivity contribution >= 4 is 18.6 Å². The van der Waals surface area contributed by atoms with Crippen molar-refractivity contribution in [1.82, 2.24) is 0 Å². The van der Waals surface area contributed by atoms with E-state index in [1.165, 1.54) is 19.2 Å². The van der Waals surface area contributed by atoms with Gasteiger partial charge in [0.25, 0.3) is 0 Å². The highest BCUT2D eigenvalue weighted by atomic mass is 16.5. The van der Waals surface area contributed by atoms with E-state index in [1.54, 1.807) is 6.92 Å². The molecule has 0 aromatic heterocycles. The largest absolute Gasteiger partial charge is 0.507 e. The van der Waals surface area contributed by atoms with E-state index >= 15 is 0 Å². The maximum atomic E-state index is 11.2. The summed E-state index contributed by atoms with van der Waals surface area (Å²) in [5.74, 6) is -0.940. The van der Waals surface area contributed by atoms with Gasteiger partial charge in [-0.25, -0.2) is 4.79 Å². The summed E-state index contributed by atoms with van der Waals surface area (Å²) >= 11 is 0. The van der Waals surface area contributed by atoms with Crippen molar-refractivity contribution in [3.05, 3.63) is 23.3 Å². The number of esters is 1. The number of phenols is 1. The summed E-state index contributed by atoms with van der Waals surface area (Å²) in [5, 5.41) is 27.4. The molecule has 0 heterocycles. The van der Waals surface area contributed by atoms with Crippen LogP contribution >= 0.6 is 0 Å². The van der Waals surface area contributed by atoms with Gasteiger partial charge in [0.15, 0.2) is 0 Å². The molecule has 0 fully saturated rings. The fraction of sp³-hybridized carbons (Fsp3) is 0.222. The van der Waals surface area contributed by atoms with Crippen LogP contribution in [-0.2, 0) is 4.74 Å². The number of benzene rings is 1. The second-order valence-corrected chi connectivity index (χ2v) is 3.10. The molecular formula is C9H11BO5. The van der Waals surface area contributed by atoms with Gasteiger partial charge in [-0.05, 0) is 24.0 Å². The number of carbonyl (C=O) groups excluding carboxylic acids is 1. The zero-order valence-electron chi connectivity index (χ0n) is 8.39. The zero-order valence-corrected chi connectivity index (χ0v) is 8.39. The van der Waals surface area contributed by atoms with Gasteiger partial charge >= 0.3 is 13.1 Å². The van der Waals surface area contributed by atoms with E-state index in [-0.39, 0.29) is 16.8 Å². The Morgan fingerprint density at radius 2 is 2.00 bits per heavy atom. The monoisotopic (exact) mass is 210 g/mol. The molecule has 0 aliphatic carbocycles. The van der Waals surface area contributed by atoms with Crippen LogP contribution in [0.15, 0.2) is 12.1 Å². The molecule has 0 radical (unpaired) electrons. The molecule has 0 aliphatic heterocycles. The van der Waals surface area contributed by atoms with Gasteiger partial charge in [-0.1, -0.05) is 6.07 Å². The fourth-order valence-electron chi connectivity index (χ4n) is 1.22. The number of rotatable bonds is 2. The first-order valence-corrected chi connectivity index (χ1v) is 4.25. The number of ether oxygens (including phenoxy) is 1. The molecule has 1 rings (SSSR count). The number of carbonyl (C=O) groups is 1. The lowest BCUT2D eigenvalue weighted by atomic mass is 9.78. The zero-order chi connectivity index (χ0) is 11.6. The number of aryl methyl sites for hydroxylation is 1. The quantitative estimate of drug-likeness (QED) is 0.438. The molecule has 0 spiro atoms. The van der Waals surface area contributed by atoms with E-state index in [9.17, 15) is 9.90 Å². The highest BCUT2D eigenvalue weighted by Gasteiger charge is 2.19. The molecule has 80 valence electrons. The van der Waals surface area contributed by atoms with Gasteiger partial charge in [-0.15, -0.1) is 0 Å². The summed E-state index contributed by atoms with van der Waals surface area (Å²) in [6, 6.07) is 2.56. The standard InChI is InChI=1S/C9H11BO5/c1-5-3-6(10(13)14)4-7(8(5)11)9(12)15-2/h3-4,11,13-14H,1-2H3. The normalized spacial score (nSPS) is 9.87. The summed E-state index contributed by atoms with van der Waals surface area (Å²) in [7, 11) is -0.508. The molecule has 3 N–H and O–H groups in total. The van der Waals surface area contributed by atoms with Crippen LogP contribution < -0.4 is 5.46 Å². The summed E-state index contributed by atoms with van der Waals surface area (Å²) in [5.41, 5.74) is 0.423. The second-order valence-electron chi connectivity index (χ2n) is 3.10. The number of methoxy groups -OCH3 is 1. The lowest BCUT2D eigenvalue weighted by Crippen LogP contribution is -2.31. The van der Waals surface area contributed by atoms with E-state index in [0.29, 0.717) is 5.56 Å². The van der Waals surface area contributed by atoms with Crippen molar-refractivity contribution in [2.24, 2.45) is 0 Å². The first-order valence-electron chi connectivity index (χ1n) is 4.25. The maximum absolute atomic E-state index is 11.2. The van der Waals surface area contributed by atoms with Gasteiger partial charge in [0.2, 0.25) is 0 Å². The topological polar surface area (TPSA) is 87.0 Å². The van der Waals surface area contributed by atoms with E-state index < -0.39 is 13.1 Å². The van der Waals surface area contributed by atoms with Crippen LogP contribution in [0.25, 0.3) is 0 Å². The van der Waals surface area contributed by atoms with Gasteiger partial charge in [0.05, 0.1) is 7.11 Å². The molecule has 0 bridgehead atoms. The van der Waals surface area contributed by atoms with Crippen LogP contribution in [0.5, 0.6) is 5.75 Å². The molecule has 5 nitrogen and oxygen atoms in total. The van der Waals surface area contributed by atoms with Crippen molar-refractivity contribution in [2.75, 3.05) is 7.11 Å². The highest BCUT2D eigenvalue weighted by molar-refractivity contribution is 6.58. The van der Waals surface area contributed by atoms with E-state index in [1.807, 2.05) is 0 Å². The summed E-state index contributed by atoms with van der Waals surface area (Å²) in [6.45, 7) is 1.55. The SMILES string of the molecule is COC(=O)c1cc(B(O)O)cc(C)c1O. The first kappa shape index (κ1) is 11.5. The average molecular weight is 210 g/mol. The van der Waals surface area contributed by atoms with Crippen molar-refractivity contribution in [2.45, 2.75) is 6.92 Å². The summed E-state index contributed by atoms with van der Waals surface area (Å²) in [4.78, 5) is 11.2. The van der Waals surface area contributed by atoms with Crippen molar-refractivity contribution in [1.29, 1.82) is 0 Å². The molecule has 1 aromatic rings. The maximum Gasteiger partial charge on any atom is 0.488 e. The summed E-state index contributed by atoms with van der Waals surface area (Å²) in [6.07, 6.45) is 0. The third kappa shape index (κ3) is 2.29. The van der Waals surface area contributed by atoms with Crippen molar-refractivity contribution in [3.8, 4) is 5.75 Å². The smallest absolute Gasteiger partial charge is 0.488 e. The minimum Gasteiger partial charge on any atom is -0.507 e. The third-order valence-corrected chi connectivity index (χ3v) is 2.03. The highest BCUT2D eigenvalue weighted by Crippen LogP contribution is 2.21. The van der Waals surface area contributed by atoms with Crippen LogP contribution in [-0.4, -0.2) is 35.4 Å². The van der Waals surface area contributed by atoms with Gasteiger partial charge < -0.3 is 19.9 Å². The molecule has 6 heteroatoms. The van der Waals surface area contributed by atoms with Crippen molar-refractivity contribution < 1.29 is 24.7 Å². The van der Waals surface area contributed by atoms with E-state index in [4.69, 9.17) is 10.0 Å². The van der Waals surface area contributed by atoms with Crippen LogP contribution in [0.1, 0.15) is 15.9 Å². The predicted octanol–water partition coefficient (Wildman–Crippen LogP) is -0.833. The van der Waals surface area contributed by atoms with Crippen molar-refractivity contribution in [3.63, 3.8) is 0 Å². The molecule has 0 aliphatic rings. The molecule has 0 saturated heterocycles. The van der Waals surface area contributed by atoms with E-state index in [2.05, 4.69) is 4.74 Å². The van der Waals surface area contributed by atoms with Crippen LogP contribution in [0.4, 0.5) is 0 Å². The number of phenolic OH excluding ortho intramolecular Hbond substituents is 1. The Kier molecular flexibility index (Phi) is 3.33.